The second-order valence-corrected chi connectivity index (χ2v) is 3.81. The van der Waals surface area contributed by atoms with Crippen molar-refractivity contribution < 1.29 is 0 Å². The first-order valence-electron chi connectivity index (χ1n) is 5.70. The van der Waals surface area contributed by atoms with Crippen LogP contribution in [-0.2, 0) is 6.54 Å². The van der Waals surface area contributed by atoms with Gasteiger partial charge in [-0.25, -0.2) is 4.68 Å². The van der Waals surface area contributed by atoms with E-state index in [0.29, 0.717) is 0 Å². The first kappa shape index (κ1) is 10.9. The van der Waals surface area contributed by atoms with Crippen LogP contribution in [0.25, 0.3) is 5.69 Å². The van der Waals surface area contributed by atoms with Gasteiger partial charge in [-0.15, -0.1) is 0 Å². The van der Waals surface area contributed by atoms with Crippen molar-refractivity contribution in [1.29, 1.82) is 0 Å². The van der Waals surface area contributed by atoms with Crippen LogP contribution in [0.5, 0.6) is 0 Å². The molecule has 0 amide bonds. The Morgan fingerprint density at radius 2 is 2.06 bits per heavy atom. The molecule has 16 heavy (non-hydrogen) atoms. The van der Waals surface area contributed by atoms with E-state index in [2.05, 4.69) is 35.7 Å². The van der Waals surface area contributed by atoms with Gasteiger partial charge in [0.15, 0.2) is 0 Å². The highest BCUT2D eigenvalue weighted by atomic mass is 15.3. The van der Waals surface area contributed by atoms with E-state index in [1.165, 1.54) is 5.56 Å². The Morgan fingerprint density at radius 3 is 2.81 bits per heavy atom. The summed E-state index contributed by atoms with van der Waals surface area (Å²) in [5.41, 5.74) is 2.32. The molecule has 0 bridgehead atoms. The fourth-order valence-electron chi connectivity index (χ4n) is 1.58. The highest BCUT2D eigenvalue weighted by Gasteiger charge is 1.99. The summed E-state index contributed by atoms with van der Waals surface area (Å²) >= 11 is 0. The number of rotatable bonds is 5. The lowest BCUT2D eigenvalue weighted by Gasteiger charge is -2.00. The Bertz CT molecular complexity index is 420. The zero-order valence-corrected chi connectivity index (χ0v) is 9.56. The Morgan fingerprint density at radius 1 is 1.25 bits per heavy atom. The van der Waals surface area contributed by atoms with E-state index in [4.69, 9.17) is 0 Å². The third-order valence-corrected chi connectivity index (χ3v) is 2.41. The quantitative estimate of drug-likeness (QED) is 0.776. The average molecular weight is 215 g/mol. The fraction of sp³-hybridized carbons (Fsp3) is 0.308. The first-order valence-corrected chi connectivity index (χ1v) is 5.70. The van der Waals surface area contributed by atoms with Crippen LogP contribution < -0.4 is 5.32 Å². The summed E-state index contributed by atoms with van der Waals surface area (Å²) in [5.74, 6) is 0. The smallest absolute Gasteiger partial charge is 0.0645 e. The summed E-state index contributed by atoms with van der Waals surface area (Å²) in [6, 6.07) is 10.2. The molecule has 0 aliphatic carbocycles. The van der Waals surface area contributed by atoms with Crippen molar-refractivity contribution in [3.63, 3.8) is 0 Å². The van der Waals surface area contributed by atoms with Gasteiger partial charge in [-0.05, 0) is 25.1 Å². The van der Waals surface area contributed by atoms with Crippen molar-refractivity contribution >= 4 is 0 Å². The Labute approximate surface area is 96.1 Å². The summed E-state index contributed by atoms with van der Waals surface area (Å²) in [4.78, 5) is 0. The lowest BCUT2D eigenvalue weighted by Crippen LogP contribution is -2.13. The average Bonchev–Trinajstić information content (AvgIpc) is 2.79. The molecule has 0 unspecified atom stereocenters. The molecule has 0 saturated heterocycles. The summed E-state index contributed by atoms with van der Waals surface area (Å²) in [6.45, 7) is 4.11. The van der Waals surface area contributed by atoms with Crippen LogP contribution in [0.15, 0.2) is 42.7 Å². The molecule has 0 saturated carbocycles. The van der Waals surface area contributed by atoms with Gasteiger partial charge in [0.1, 0.15) is 0 Å². The molecular weight excluding hydrogens is 198 g/mol. The molecule has 2 rings (SSSR count). The Hall–Kier alpha value is -1.61. The molecular formula is C13H17N3. The summed E-state index contributed by atoms with van der Waals surface area (Å²) in [7, 11) is 0. The van der Waals surface area contributed by atoms with Gasteiger partial charge in [0, 0.05) is 18.3 Å². The van der Waals surface area contributed by atoms with Gasteiger partial charge >= 0.3 is 0 Å². The highest BCUT2D eigenvalue weighted by Crippen LogP contribution is 2.07. The molecule has 0 spiro atoms. The molecule has 1 aromatic heterocycles. The molecule has 0 aliphatic rings. The van der Waals surface area contributed by atoms with Gasteiger partial charge in [0.05, 0.1) is 11.9 Å². The number of nitrogens with one attached hydrogen (secondary N) is 1. The maximum atomic E-state index is 4.34. The summed E-state index contributed by atoms with van der Waals surface area (Å²) in [6.07, 6.45) is 5.14. The molecule has 0 radical (unpaired) electrons. The molecule has 1 N–H and O–H groups in total. The zero-order chi connectivity index (χ0) is 11.2. The van der Waals surface area contributed by atoms with Gasteiger partial charge < -0.3 is 5.32 Å². The molecule has 1 aromatic carbocycles. The van der Waals surface area contributed by atoms with Crippen LogP contribution >= 0.6 is 0 Å². The van der Waals surface area contributed by atoms with E-state index in [1.807, 2.05) is 29.1 Å². The van der Waals surface area contributed by atoms with E-state index >= 15 is 0 Å². The maximum absolute atomic E-state index is 4.34. The topological polar surface area (TPSA) is 29.9 Å². The number of aromatic nitrogens is 2. The lowest BCUT2D eigenvalue weighted by atomic mass is 10.3. The van der Waals surface area contributed by atoms with E-state index < -0.39 is 0 Å². The minimum Gasteiger partial charge on any atom is -0.313 e. The van der Waals surface area contributed by atoms with Crippen LogP contribution in [0.2, 0.25) is 0 Å². The minimum atomic E-state index is 0.890. The molecule has 0 atom stereocenters. The highest BCUT2D eigenvalue weighted by molar-refractivity contribution is 5.30. The number of nitrogens with zero attached hydrogens (tertiary/aromatic N) is 2. The predicted molar refractivity (Wildman–Crippen MR) is 65.6 cm³/mol. The van der Waals surface area contributed by atoms with Gasteiger partial charge in [0.2, 0.25) is 0 Å². The minimum absolute atomic E-state index is 0.890. The van der Waals surface area contributed by atoms with Crippen molar-refractivity contribution in [3.8, 4) is 5.69 Å². The van der Waals surface area contributed by atoms with Crippen LogP contribution in [-0.4, -0.2) is 16.3 Å². The third kappa shape index (κ3) is 2.70. The summed E-state index contributed by atoms with van der Waals surface area (Å²) in [5, 5.41) is 7.70. The Balaban J connectivity index is 2.02. The molecule has 1 heterocycles. The van der Waals surface area contributed by atoms with E-state index in [0.717, 1.165) is 25.2 Å². The van der Waals surface area contributed by atoms with Gasteiger partial charge in [0.25, 0.3) is 0 Å². The monoisotopic (exact) mass is 215 g/mol. The standard InChI is InChI=1S/C13H17N3/c1-2-8-14-9-12-10-15-16(11-12)13-6-4-3-5-7-13/h3-7,10-11,14H,2,8-9H2,1H3. The molecule has 0 aliphatic heterocycles. The van der Waals surface area contributed by atoms with Crippen molar-refractivity contribution in [3.05, 3.63) is 48.3 Å². The Kier molecular flexibility index (Phi) is 3.72. The molecule has 3 heteroatoms. The van der Waals surface area contributed by atoms with E-state index in [1.54, 1.807) is 0 Å². The summed E-state index contributed by atoms with van der Waals surface area (Å²) < 4.78 is 1.91. The maximum Gasteiger partial charge on any atom is 0.0645 e. The first-order chi connectivity index (χ1) is 7.90. The van der Waals surface area contributed by atoms with Gasteiger partial charge in [-0.1, -0.05) is 25.1 Å². The third-order valence-electron chi connectivity index (χ3n) is 2.41. The number of benzene rings is 1. The van der Waals surface area contributed by atoms with Crippen molar-refractivity contribution in [2.75, 3.05) is 6.54 Å². The normalized spacial score (nSPS) is 10.6. The lowest BCUT2D eigenvalue weighted by molar-refractivity contribution is 0.675. The second kappa shape index (κ2) is 5.47. The number of hydrogen-bond donors (Lipinski definition) is 1. The molecule has 3 nitrogen and oxygen atoms in total. The molecule has 0 fully saturated rings. The van der Waals surface area contributed by atoms with Gasteiger partial charge in [-0.2, -0.15) is 5.10 Å². The van der Waals surface area contributed by atoms with Crippen molar-refractivity contribution in [2.45, 2.75) is 19.9 Å². The molecule has 2 aromatic rings. The van der Waals surface area contributed by atoms with Crippen LogP contribution in [0.4, 0.5) is 0 Å². The fourth-order valence-corrected chi connectivity index (χ4v) is 1.58. The SMILES string of the molecule is CCCNCc1cnn(-c2ccccc2)c1. The van der Waals surface area contributed by atoms with Crippen molar-refractivity contribution in [1.82, 2.24) is 15.1 Å². The predicted octanol–water partition coefficient (Wildman–Crippen LogP) is 2.37. The van der Waals surface area contributed by atoms with Crippen LogP contribution in [0.3, 0.4) is 0 Å². The van der Waals surface area contributed by atoms with E-state index in [-0.39, 0.29) is 0 Å². The van der Waals surface area contributed by atoms with Crippen molar-refractivity contribution in [2.24, 2.45) is 0 Å². The van der Waals surface area contributed by atoms with Gasteiger partial charge in [-0.3, -0.25) is 0 Å². The van der Waals surface area contributed by atoms with Crippen LogP contribution in [0.1, 0.15) is 18.9 Å². The number of para-hydroxylation sites is 1. The number of hydrogen-bond acceptors (Lipinski definition) is 2. The second-order valence-electron chi connectivity index (χ2n) is 3.81. The van der Waals surface area contributed by atoms with Crippen LogP contribution in [0, 0.1) is 0 Å². The zero-order valence-electron chi connectivity index (χ0n) is 9.56. The largest absolute Gasteiger partial charge is 0.313 e. The molecule has 84 valence electrons. The van der Waals surface area contributed by atoms with E-state index in [9.17, 15) is 0 Å².